The normalized spacial score (nSPS) is 25.3. The summed E-state index contributed by atoms with van der Waals surface area (Å²) in [7, 11) is 1.69. The van der Waals surface area contributed by atoms with E-state index in [1.807, 2.05) is 12.1 Å². The van der Waals surface area contributed by atoms with Crippen LogP contribution in [0.4, 0.5) is 0 Å². The summed E-state index contributed by atoms with van der Waals surface area (Å²) in [5, 5.41) is 6.29. The van der Waals surface area contributed by atoms with Gasteiger partial charge in [0.2, 0.25) is 0 Å². The van der Waals surface area contributed by atoms with Gasteiger partial charge < -0.3 is 15.4 Å². The molecule has 0 saturated carbocycles. The first-order valence-electron chi connectivity index (χ1n) is 6.94. The fourth-order valence-electron chi connectivity index (χ4n) is 3.01. The number of hydrogen-bond donors (Lipinski definition) is 2. The van der Waals surface area contributed by atoms with Gasteiger partial charge in [-0.05, 0) is 42.5 Å². The Bertz CT molecular complexity index is 487. The van der Waals surface area contributed by atoms with Crippen LogP contribution in [0.15, 0.2) is 18.2 Å². The minimum absolute atomic E-state index is 0.00505. The topological polar surface area (TPSA) is 50.4 Å². The third kappa shape index (κ3) is 2.51. The molecule has 0 bridgehead atoms. The number of hydrogen-bond acceptors (Lipinski definition) is 3. The molecule has 0 spiro atoms. The van der Waals surface area contributed by atoms with Crippen molar-refractivity contribution in [2.45, 2.75) is 31.4 Å². The van der Waals surface area contributed by atoms with Crippen molar-refractivity contribution in [2.24, 2.45) is 0 Å². The third-order valence-electron chi connectivity index (χ3n) is 4.14. The van der Waals surface area contributed by atoms with Crippen LogP contribution in [0.5, 0.6) is 0 Å². The van der Waals surface area contributed by atoms with Crippen molar-refractivity contribution in [3.8, 4) is 0 Å². The Hall–Kier alpha value is -1.39. The first kappa shape index (κ1) is 12.6. The summed E-state index contributed by atoms with van der Waals surface area (Å²) in [6.07, 6.45) is 3.52. The Morgan fingerprint density at radius 3 is 3.00 bits per heavy atom. The Labute approximate surface area is 113 Å². The van der Waals surface area contributed by atoms with Gasteiger partial charge in [-0.15, -0.1) is 0 Å². The van der Waals surface area contributed by atoms with Crippen molar-refractivity contribution >= 4 is 5.91 Å². The van der Waals surface area contributed by atoms with Gasteiger partial charge in [-0.3, -0.25) is 4.79 Å². The van der Waals surface area contributed by atoms with Crippen LogP contribution in [-0.2, 0) is 17.6 Å². The Balaban J connectivity index is 1.70. The predicted octanol–water partition coefficient (Wildman–Crippen LogP) is 0.892. The minimum atomic E-state index is 0.00505. The second-order valence-corrected chi connectivity index (χ2v) is 5.35. The summed E-state index contributed by atoms with van der Waals surface area (Å²) >= 11 is 0. The lowest BCUT2D eigenvalue weighted by molar-refractivity contribution is 0.0780. The average Bonchev–Trinajstić information content (AvgIpc) is 3.05. The molecule has 1 saturated heterocycles. The lowest BCUT2D eigenvalue weighted by Gasteiger charge is -2.18. The van der Waals surface area contributed by atoms with Gasteiger partial charge in [-0.1, -0.05) is 6.07 Å². The molecule has 1 heterocycles. The molecule has 1 fully saturated rings. The third-order valence-corrected chi connectivity index (χ3v) is 4.14. The van der Waals surface area contributed by atoms with Gasteiger partial charge in [-0.2, -0.15) is 0 Å². The lowest BCUT2D eigenvalue weighted by Crippen LogP contribution is -2.43. The molecule has 0 radical (unpaired) electrons. The fourth-order valence-corrected chi connectivity index (χ4v) is 3.01. The van der Waals surface area contributed by atoms with Crippen molar-refractivity contribution in [1.82, 2.24) is 10.6 Å². The Morgan fingerprint density at radius 2 is 2.16 bits per heavy atom. The van der Waals surface area contributed by atoms with Gasteiger partial charge in [0, 0.05) is 25.8 Å². The van der Waals surface area contributed by atoms with Crippen LogP contribution >= 0.6 is 0 Å². The maximum Gasteiger partial charge on any atom is 0.251 e. The zero-order chi connectivity index (χ0) is 13.2. The molecular weight excluding hydrogens is 240 g/mol. The van der Waals surface area contributed by atoms with E-state index in [0.717, 1.165) is 31.5 Å². The van der Waals surface area contributed by atoms with Gasteiger partial charge in [0.05, 0.1) is 12.1 Å². The summed E-state index contributed by atoms with van der Waals surface area (Å²) in [5.41, 5.74) is 3.50. The second-order valence-electron chi connectivity index (χ2n) is 5.35. The smallest absolute Gasteiger partial charge is 0.251 e. The van der Waals surface area contributed by atoms with Crippen molar-refractivity contribution in [2.75, 3.05) is 20.2 Å². The highest BCUT2D eigenvalue weighted by Crippen LogP contribution is 2.22. The van der Waals surface area contributed by atoms with Crippen molar-refractivity contribution in [1.29, 1.82) is 0 Å². The SMILES string of the molecule is CO[C@H]1CNCC1NC(=O)c1ccc2c(c1)CCC2. The predicted molar refractivity (Wildman–Crippen MR) is 73.4 cm³/mol. The quantitative estimate of drug-likeness (QED) is 0.848. The molecule has 4 nitrogen and oxygen atoms in total. The van der Waals surface area contributed by atoms with E-state index in [1.54, 1.807) is 7.11 Å². The molecule has 102 valence electrons. The molecule has 1 aromatic carbocycles. The number of nitrogens with one attached hydrogen (secondary N) is 2. The molecule has 2 aliphatic rings. The largest absolute Gasteiger partial charge is 0.378 e. The molecule has 2 atom stereocenters. The van der Waals surface area contributed by atoms with Gasteiger partial charge >= 0.3 is 0 Å². The number of methoxy groups -OCH3 is 1. The molecule has 0 aromatic heterocycles. The molecule has 1 aliphatic carbocycles. The van der Waals surface area contributed by atoms with E-state index in [1.165, 1.54) is 17.5 Å². The average molecular weight is 260 g/mol. The molecule has 19 heavy (non-hydrogen) atoms. The monoisotopic (exact) mass is 260 g/mol. The van der Waals surface area contributed by atoms with Crippen LogP contribution in [0.3, 0.4) is 0 Å². The first-order valence-corrected chi connectivity index (χ1v) is 6.94. The van der Waals surface area contributed by atoms with E-state index in [4.69, 9.17) is 4.74 Å². The Kier molecular flexibility index (Phi) is 3.53. The van der Waals surface area contributed by atoms with Crippen molar-refractivity contribution in [3.05, 3.63) is 34.9 Å². The maximum atomic E-state index is 12.3. The standard InChI is InChI=1S/C15H20N2O2/c1-19-14-9-16-8-13(14)17-15(18)12-6-5-10-3-2-4-11(10)7-12/h5-7,13-14,16H,2-4,8-9H2,1H3,(H,17,18)/t13?,14-/m0/s1. The molecule has 1 amide bonds. The van der Waals surface area contributed by atoms with E-state index in [9.17, 15) is 4.79 Å². The van der Waals surface area contributed by atoms with Gasteiger partial charge in [0.25, 0.3) is 5.91 Å². The summed E-state index contributed by atoms with van der Waals surface area (Å²) in [6, 6.07) is 6.13. The van der Waals surface area contributed by atoms with Crippen LogP contribution in [0.2, 0.25) is 0 Å². The van der Waals surface area contributed by atoms with Crippen LogP contribution in [0, 0.1) is 0 Å². The van der Waals surface area contributed by atoms with Crippen molar-refractivity contribution in [3.63, 3.8) is 0 Å². The van der Waals surface area contributed by atoms with E-state index in [2.05, 4.69) is 16.7 Å². The maximum absolute atomic E-state index is 12.3. The van der Waals surface area contributed by atoms with Crippen molar-refractivity contribution < 1.29 is 9.53 Å². The summed E-state index contributed by atoms with van der Waals surface area (Å²) < 4.78 is 5.36. The highest BCUT2D eigenvalue weighted by atomic mass is 16.5. The summed E-state index contributed by atoms with van der Waals surface area (Å²) in [6.45, 7) is 1.57. The van der Waals surface area contributed by atoms with E-state index in [-0.39, 0.29) is 18.1 Å². The van der Waals surface area contributed by atoms with E-state index in [0.29, 0.717) is 0 Å². The van der Waals surface area contributed by atoms with Crippen LogP contribution in [0.25, 0.3) is 0 Å². The molecular formula is C15H20N2O2. The lowest BCUT2D eigenvalue weighted by atomic mass is 10.1. The number of ether oxygens (including phenoxy) is 1. The highest BCUT2D eigenvalue weighted by Gasteiger charge is 2.28. The number of carbonyl (C=O) groups is 1. The van der Waals surface area contributed by atoms with E-state index >= 15 is 0 Å². The zero-order valence-corrected chi connectivity index (χ0v) is 11.2. The Morgan fingerprint density at radius 1 is 1.32 bits per heavy atom. The molecule has 1 unspecified atom stereocenters. The molecule has 2 N–H and O–H groups in total. The summed E-state index contributed by atoms with van der Waals surface area (Å²) in [5.74, 6) is 0.00505. The number of amides is 1. The molecule has 1 aromatic rings. The van der Waals surface area contributed by atoms with Crippen LogP contribution in [-0.4, -0.2) is 38.3 Å². The van der Waals surface area contributed by atoms with E-state index < -0.39 is 0 Å². The summed E-state index contributed by atoms with van der Waals surface area (Å²) in [4.78, 5) is 12.3. The number of benzene rings is 1. The number of carbonyl (C=O) groups excluding carboxylic acids is 1. The zero-order valence-electron chi connectivity index (χ0n) is 11.2. The first-order chi connectivity index (χ1) is 9.28. The number of rotatable bonds is 3. The minimum Gasteiger partial charge on any atom is -0.378 e. The second kappa shape index (κ2) is 5.31. The van der Waals surface area contributed by atoms with Crippen LogP contribution in [0.1, 0.15) is 27.9 Å². The molecule has 3 rings (SSSR count). The molecule has 1 aliphatic heterocycles. The van der Waals surface area contributed by atoms with Gasteiger partial charge in [0.15, 0.2) is 0 Å². The molecule has 4 heteroatoms. The fraction of sp³-hybridized carbons (Fsp3) is 0.533. The highest BCUT2D eigenvalue weighted by molar-refractivity contribution is 5.94. The van der Waals surface area contributed by atoms with Gasteiger partial charge in [0.1, 0.15) is 0 Å². The van der Waals surface area contributed by atoms with Crippen LogP contribution < -0.4 is 10.6 Å². The number of fused-ring (bicyclic) bond motifs is 1. The number of aryl methyl sites for hydroxylation is 2. The van der Waals surface area contributed by atoms with Gasteiger partial charge in [-0.25, -0.2) is 0 Å².